The molecular weight excluding hydrogens is 487 g/mol. The van der Waals surface area contributed by atoms with Crippen LogP contribution in [0.5, 0.6) is 0 Å². The molecule has 0 spiro atoms. The number of nitrogens with one attached hydrogen (secondary N) is 1. The quantitative estimate of drug-likeness (QED) is 0.465. The highest BCUT2D eigenvalue weighted by Gasteiger charge is 2.33. The minimum atomic E-state index is -1.02. The molecule has 1 aromatic carbocycles. The number of carbonyl (C=O) groups is 1. The SMILES string of the molecule is CC.COC(=O)C1=C(CBr)NC(c2ncc(F)cc2F)=NC1c1ccc(F)cc1Cl. The summed E-state index contributed by atoms with van der Waals surface area (Å²) in [6.07, 6.45) is 0.843. The summed E-state index contributed by atoms with van der Waals surface area (Å²) < 4.78 is 45.7. The summed E-state index contributed by atoms with van der Waals surface area (Å²) in [5.74, 6) is -3.08. The summed E-state index contributed by atoms with van der Waals surface area (Å²) >= 11 is 9.42. The van der Waals surface area contributed by atoms with Gasteiger partial charge >= 0.3 is 5.97 Å². The standard InChI is InChI=1S/C18H12BrClF3N3O2.C2H6/c1-28-18(27)14-13(6-19)25-17(16-12(23)5-9(22)7-24-16)26-15(14)10-3-2-8(21)4-11(10)20;1-2/h2-5,7,15H,6H2,1H3,(H,25,26);1-2H3. The Bertz CT molecular complexity index is 1010. The smallest absolute Gasteiger partial charge is 0.338 e. The minimum absolute atomic E-state index is 0.0258. The van der Waals surface area contributed by atoms with E-state index in [0.717, 1.165) is 18.3 Å². The lowest BCUT2D eigenvalue weighted by Crippen LogP contribution is -2.35. The van der Waals surface area contributed by atoms with Crippen molar-refractivity contribution in [1.82, 2.24) is 10.3 Å². The van der Waals surface area contributed by atoms with E-state index in [1.807, 2.05) is 13.8 Å². The van der Waals surface area contributed by atoms with Crippen LogP contribution in [0.2, 0.25) is 5.02 Å². The predicted molar refractivity (Wildman–Crippen MR) is 112 cm³/mol. The van der Waals surface area contributed by atoms with Crippen molar-refractivity contribution in [3.63, 3.8) is 0 Å². The van der Waals surface area contributed by atoms with E-state index in [9.17, 15) is 18.0 Å². The Hall–Kier alpha value is -2.39. The number of pyridine rings is 1. The number of nitrogens with zero attached hydrogens (tertiary/aromatic N) is 2. The lowest BCUT2D eigenvalue weighted by Gasteiger charge is -2.27. The summed E-state index contributed by atoms with van der Waals surface area (Å²) in [6, 6.07) is 3.26. The molecule has 0 amide bonds. The third-order valence-electron chi connectivity index (χ3n) is 3.95. The van der Waals surface area contributed by atoms with E-state index >= 15 is 0 Å². The van der Waals surface area contributed by atoms with Crippen LogP contribution in [0.3, 0.4) is 0 Å². The first-order chi connectivity index (χ1) is 14.3. The van der Waals surface area contributed by atoms with E-state index in [0.29, 0.717) is 17.3 Å². The molecule has 160 valence electrons. The maximum atomic E-state index is 14.2. The van der Waals surface area contributed by atoms with Crippen molar-refractivity contribution >= 4 is 39.3 Å². The van der Waals surface area contributed by atoms with Gasteiger partial charge in [0.15, 0.2) is 11.7 Å². The molecule has 1 atom stereocenters. The first-order valence-corrected chi connectivity index (χ1v) is 10.3. The largest absolute Gasteiger partial charge is 0.466 e. The Kier molecular flexibility index (Phi) is 8.43. The second-order valence-corrected chi connectivity index (χ2v) is 6.64. The molecule has 30 heavy (non-hydrogen) atoms. The van der Waals surface area contributed by atoms with Crippen LogP contribution in [0, 0.1) is 17.5 Å². The van der Waals surface area contributed by atoms with Gasteiger partial charge in [-0.15, -0.1) is 0 Å². The molecule has 1 aromatic heterocycles. The van der Waals surface area contributed by atoms with Crippen LogP contribution in [-0.2, 0) is 9.53 Å². The van der Waals surface area contributed by atoms with Crippen molar-refractivity contribution in [2.24, 2.45) is 4.99 Å². The number of hydrogen-bond acceptors (Lipinski definition) is 5. The molecule has 10 heteroatoms. The number of methoxy groups -OCH3 is 1. The van der Waals surface area contributed by atoms with Crippen LogP contribution >= 0.6 is 27.5 Å². The van der Waals surface area contributed by atoms with Gasteiger partial charge in [-0.25, -0.2) is 22.9 Å². The summed E-state index contributed by atoms with van der Waals surface area (Å²) in [5.41, 5.74) is 0.502. The van der Waals surface area contributed by atoms with Crippen molar-refractivity contribution in [2.75, 3.05) is 12.4 Å². The molecule has 1 unspecified atom stereocenters. The number of halogens is 5. The number of hydrogen-bond donors (Lipinski definition) is 1. The van der Waals surface area contributed by atoms with Gasteiger partial charge in [0.1, 0.15) is 23.4 Å². The van der Waals surface area contributed by atoms with Crippen LogP contribution in [0.4, 0.5) is 13.2 Å². The second-order valence-electron chi connectivity index (χ2n) is 5.67. The molecule has 3 rings (SSSR count). The van der Waals surface area contributed by atoms with Gasteiger partial charge in [0, 0.05) is 27.7 Å². The van der Waals surface area contributed by atoms with E-state index in [1.54, 1.807) is 0 Å². The molecule has 1 aliphatic heterocycles. The number of esters is 1. The highest BCUT2D eigenvalue weighted by Crippen LogP contribution is 2.36. The molecule has 0 saturated carbocycles. The Balaban J connectivity index is 0.00000155. The molecule has 0 bridgehead atoms. The highest BCUT2D eigenvalue weighted by atomic mass is 79.9. The molecule has 0 aliphatic carbocycles. The number of benzene rings is 1. The van der Waals surface area contributed by atoms with E-state index in [-0.39, 0.29) is 27.5 Å². The number of aliphatic imine (C=N–C) groups is 1. The molecule has 2 heterocycles. The first kappa shape index (κ1) is 23.9. The predicted octanol–water partition coefficient (Wildman–Crippen LogP) is 5.09. The van der Waals surface area contributed by atoms with Gasteiger partial charge in [-0.1, -0.05) is 47.4 Å². The Morgan fingerprint density at radius 2 is 1.93 bits per heavy atom. The Labute approximate surface area is 185 Å². The normalized spacial score (nSPS) is 15.6. The summed E-state index contributed by atoms with van der Waals surface area (Å²) in [6.45, 7) is 4.00. The van der Waals surface area contributed by atoms with Gasteiger partial charge in [-0.05, 0) is 12.1 Å². The molecule has 0 fully saturated rings. The average Bonchev–Trinajstić information content (AvgIpc) is 2.73. The minimum Gasteiger partial charge on any atom is -0.466 e. The van der Waals surface area contributed by atoms with Crippen molar-refractivity contribution in [2.45, 2.75) is 19.9 Å². The van der Waals surface area contributed by atoms with Gasteiger partial charge in [0.25, 0.3) is 0 Å². The second kappa shape index (κ2) is 10.6. The van der Waals surface area contributed by atoms with Gasteiger partial charge in [-0.2, -0.15) is 0 Å². The van der Waals surface area contributed by atoms with Crippen molar-refractivity contribution < 1.29 is 22.7 Å². The molecule has 0 saturated heterocycles. The van der Waals surface area contributed by atoms with Crippen molar-refractivity contribution in [3.05, 3.63) is 75.5 Å². The fourth-order valence-electron chi connectivity index (χ4n) is 2.71. The van der Waals surface area contributed by atoms with E-state index in [2.05, 4.69) is 31.2 Å². The van der Waals surface area contributed by atoms with Crippen LogP contribution in [-0.4, -0.2) is 29.2 Å². The molecular formula is C20H18BrClF3N3O2. The van der Waals surface area contributed by atoms with Crippen LogP contribution in [0.25, 0.3) is 0 Å². The van der Waals surface area contributed by atoms with Crippen molar-refractivity contribution in [1.29, 1.82) is 0 Å². The maximum absolute atomic E-state index is 14.2. The molecule has 0 radical (unpaired) electrons. The van der Waals surface area contributed by atoms with E-state index < -0.39 is 29.5 Å². The number of carbonyl (C=O) groups excluding carboxylic acids is 1. The lowest BCUT2D eigenvalue weighted by atomic mass is 9.95. The molecule has 1 aliphatic rings. The van der Waals surface area contributed by atoms with Crippen molar-refractivity contribution in [3.8, 4) is 0 Å². The third kappa shape index (κ3) is 5.02. The lowest BCUT2D eigenvalue weighted by molar-refractivity contribution is -0.136. The third-order valence-corrected chi connectivity index (χ3v) is 4.84. The monoisotopic (exact) mass is 503 g/mol. The fourth-order valence-corrected chi connectivity index (χ4v) is 3.42. The van der Waals surface area contributed by atoms with Crippen LogP contribution in [0.15, 0.2) is 46.7 Å². The van der Waals surface area contributed by atoms with Gasteiger partial charge < -0.3 is 10.1 Å². The summed E-state index contributed by atoms with van der Waals surface area (Å²) in [7, 11) is 1.20. The van der Waals surface area contributed by atoms with E-state index in [1.165, 1.54) is 13.2 Å². The zero-order chi connectivity index (χ0) is 22.4. The number of amidine groups is 1. The molecule has 1 N–H and O–H groups in total. The molecule has 2 aromatic rings. The number of rotatable bonds is 4. The maximum Gasteiger partial charge on any atom is 0.338 e. The average molecular weight is 505 g/mol. The summed E-state index contributed by atoms with van der Waals surface area (Å²) in [5, 5.41) is 3.00. The topological polar surface area (TPSA) is 63.6 Å². The zero-order valence-electron chi connectivity index (χ0n) is 16.3. The van der Waals surface area contributed by atoms with Crippen LogP contribution in [0.1, 0.15) is 31.1 Å². The van der Waals surface area contributed by atoms with Crippen LogP contribution < -0.4 is 5.32 Å². The number of allylic oxidation sites excluding steroid dienone is 1. The number of aromatic nitrogens is 1. The zero-order valence-corrected chi connectivity index (χ0v) is 18.6. The van der Waals surface area contributed by atoms with E-state index in [4.69, 9.17) is 16.3 Å². The Morgan fingerprint density at radius 3 is 2.50 bits per heavy atom. The molecule has 5 nitrogen and oxygen atoms in total. The van der Waals surface area contributed by atoms with Gasteiger partial charge in [0.2, 0.25) is 0 Å². The first-order valence-electron chi connectivity index (χ1n) is 8.84. The Morgan fingerprint density at radius 1 is 1.23 bits per heavy atom. The number of ether oxygens (including phenoxy) is 1. The van der Waals surface area contributed by atoms with Gasteiger partial charge in [-0.3, -0.25) is 4.99 Å². The van der Waals surface area contributed by atoms with Gasteiger partial charge in [0.05, 0.1) is 18.9 Å². The highest BCUT2D eigenvalue weighted by molar-refractivity contribution is 9.09. The summed E-state index contributed by atoms with van der Waals surface area (Å²) in [4.78, 5) is 20.5. The number of alkyl halides is 1. The fraction of sp³-hybridized carbons (Fsp3) is 0.250.